The summed E-state index contributed by atoms with van der Waals surface area (Å²) in [6.07, 6.45) is 1.05. The van der Waals surface area contributed by atoms with Crippen molar-refractivity contribution >= 4 is 17.7 Å². The lowest BCUT2D eigenvalue weighted by molar-refractivity contribution is 0.0519. The SMILES string of the molecule is CCOC(=O)c1coc(Nc2c(F)ccc(C)c2F)n1. The van der Waals surface area contributed by atoms with E-state index in [1.165, 1.54) is 13.0 Å². The molecule has 1 aromatic heterocycles. The molecule has 1 aromatic carbocycles. The highest BCUT2D eigenvalue weighted by molar-refractivity contribution is 5.87. The highest BCUT2D eigenvalue weighted by Crippen LogP contribution is 2.25. The lowest BCUT2D eigenvalue weighted by Gasteiger charge is -2.06. The largest absolute Gasteiger partial charge is 0.461 e. The van der Waals surface area contributed by atoms with Crippen LogP contribution in [0.2, 0.25) is 0 Å². The Labute approximate surface area is 113 Å². The Morgan fingerprint density at radius 1 is 1.45 bits per heavy atom. The molecule has 0 aliphatic heterocycles. The van der Waals surface area contributed by atoms with Crippen LogP contribution in [0.15, 0.2) is 22.8 Å². The Morgan fingerprint density at radius 3 is 2.90 bits per heavy atom. The number of carbonyl (C=O) groups is 1. The molecule has 1 N–H and O–H groups in total. The topological polar surface area (TPSA) is 64.4 Å². The van der Waals surface area contributed by atoms with Crippen LogP contribution in [0.4, 0.5) is 20.5 Å². The summed E-state index contributed by atoms with van der Waals surface area (Å²) in [5, 5.41) is 2.36. The average molecular weight is 282 g/mol. The van der Waals surface area contributed by atoms with E-state index in [0.717, 1.165) is 12.3 Å². The summed E-state index contributed by atoms with van der Waals surface area (Å²) in [6, 6.07) is 2.24. The van der Waals surface area contributed by atoms with Gasteiger partial charge in [-0.1, -0.05) is 6.07 Å². The minimum Gasteiger partial charge on any atom is -0.461 e. The fourth-order valence-electron chi connectivity index (χ4n) is 1.51. The zero-order chi connectivity index (χ0) is 14.7. The van der Waals surface area contributed by atoms with Gasteiger partial charge in [0, 0.05) is 0 Å². The first-order valence-corrected chi connectivity index (χ1v) is 5.87. The zero-order valence-electron chi connectivity index (χ0n) is 10.9. The molecule has 106 valence electrons. The number of benzene rings is 1. The summed E-state index contributed by atoms with van der Waals surface area (Å²) in [6.45, 7) is 3.34. The second-order valence-corrected chi connectivity index (χ2v) is 3.94. The Bertz CT molecular complexity index is 641. The third-order valence-corrected chi connectivity index (χ3v) is 2.50. The van der Waals surface area contributed by atoms with Crippen molar-refractivity contribution in [2.24, 2.45) is 0 Å². The van der Waals surface area contributed by atoms with E-state index < -0.39 is 17.6 Å². The van der Waals surface area contributed by atoms with Crippen molar-refractivity contribution in [3.8, 4) is 0 Å². The number of nitrogens with one attached hydrogen (secondary N) is 1. The van der Waals surface area contributed by atoms with Crippen molar-refractivity contribution in [3.63, 3.8) is 0 Å². The molecule has 0 aliphatic rings. The Balaban J connectivity index is 2.23. The van der Waals surface area contributed by atoms with E-state index in [1.807, 2.05) is 0 Å². The molecule has 0 saturated heterocycles. The average Bonchev–Trinajstić information content (AvgIpc) is 2.88. The highest BCUT2D eigenvalue weighted by atomic mass is 19.1. The molecular weight excluding hydrogens is 270 g/mol. The Morgan fingerprint density at radius 2 is 2.20 bits per heavy atom. The summed E-state index contributed by atoms with van der Waals surface area (Å²) in [4.78, 5) is 15.1. The van der Waals surface area contributed by atoms with Crippen molar-refractivity contribution in [1.82, 2.24) is 4.98 Å². The molecule has 5 nitrogen and oxygen atoms in total. The van der Waals surface area contributed by atoms with E-state index in [9.17, 15) is 13.6 Å². The van der Waals surface area contributed by atoms with E-state index in [0.29, 0.717) is 0 Å². The molecule has 7 heteroatoms. The Kier molecular flexibility index (Phi) is 3.97. The monoisotopic (exact) mass is 282 g/mol. The fraction of sp³-hybridized carbons (Fsp3) is 0.231. The molecule has 0 amide bonds. The van der Waals surface area contributed by atoms with Crippen LogP contribution in [-0.2, 0) is 4.74 Å². The van der Waals surface area contributed by atoms with Gasteiger partial charge in [0.25, 0.3) is 6.01 Å². The van der Waals surface area contributed by atoms with Gasteiger partial charge in [0.1, 0.15) is 17.8 Å². The van der Waals surface area contributed by atoms with Gasteiger partial charge in [-0.2, -0.15) is 4.98 Å². The molecule has 0 atom stereocenters. The highest BCUT2D eigenvalue weighted by Gasteiger charge is 2.17. The van der Waals surface area contributed by atoms with Crippen LogP contribution in [0.3, 0.4) is 0 Å². The zero-order valence-corrected chi connectivity index (χ0v) is 10.9. The number of aromatic nitrogens is 1. The van der Waals surface area contributed by atoms with Crippen LogP contribution in [0.5, 0.6) is 0 Å². The van der Waals surface area contributed by atoms with Gasteiger partial charge in [0.2, 0.25) is 0 Å². The van der Waals surface area contributed by atoms with E-state index in [4.69, 9.17) is 9.15 Å². The first-order chi connectivity index (χ1) is 9.52. The summed E-state index contributed by atoms with van der Waals surface area (Å²) in [5.41, 5.74) is -0.198. The summed E-state index contributed by atoms with van der Waals surface area (Å²) >= 11 is 0. The molecule has 20 heavy (non-hydrogen) atoms. The van der Waals surface area contributed by atoms with Crippen LogP contribution in [0.1, 0.15) is 23.0 Å². The number of hydrogen-bond acceptors (Lipinski definition) is 5. The molecule has 0 saturated carbocycles. The van der Waals surface area contributed by atoms with Gasteiger partial charge < -0.3 is 14.5 Å². The van der Waals surface area contributed by atoms with E-state index in [1.54, 1.807) is 6.92 Å². The van der Waals surface area contributed by atoms with Gasteiger partial charge in [-0.3, -0.25) is 0 Å². The van der Waals surface area contributed by atoms with E-state index in [2.05, 4.69) is 10.3 Å². The second kappa shape index (κ2) is 5.68. The Hall–Kier alpha value is -2.44. The van der Waals surface area contributed by atoms with Crippen molar-refractivity contribution in [3.05, 3.63) is 41.3 Å². The fourth-order valence-corrected chi connectivity index (χ4v) is 1.51. The van der Waals surface area contributed by atoms with Crippen LogP contribution >= 0.6 is 0 Å². The first kappa shape index (κ1) is 14.0. The molecule has 0 fully saturated rings. The molecule has 2 rings (SSSR count). The molecule has 1 heterocycles. The number of halogens is 2. The van der Waals surface area contributed by atoms with Crippen molar-refractivity contribution in [2.45, 2.75) is 13.8 Å². The van der Waals surface area contributed by atoms with Gasteiger partial charge in [-0.25, -0.2) is 13.6 Å². The lowest BCUT2D eigenvalue weighted by atomic mass is 10.2. The van der Waals surface area contributed by atoms with Crippen molar-refractivity contribution in [2.75, 3.05) is 11.9 Å². The molecule has 0 bridgehead atoms. The van der Waals surface area contributed by atoms with Gasteiger partial charge in [0.15, 0.2) is 11.5 Å². The number of oxazole rings is 1. The summed E-state index contributed by atoms with van der Waals surface area (Å²) < 4.78 is 37.0. The maximum absolute atomic E-state index is 13.8. The van der Waals surface area contributed by atoms with Crippen LogP contribution < -0.4 is 5.32 Å². The second-order valence-electron chi connectivity index (χ2n) is 3.94. The lowest BCUT2D eigenvalue weighted by Crippen LogP contribution is -2.05. The van der Waals surface area contributed by atoms with Crippen molar-refractivity contribution < 1.29 is 22.7 Å². The molecule has 2 aromatic rings. The quantitative estimate of drug-likeness (QED) is 0.872. The number of ether oxygens (including phenoxy) is 1. The molecule has 0 unspecified atom stereocenters. The first-order valence-electron chi connectivity index (χ1n) is 5.87. The molecule has 0 radical (unpaired) electrons. The van der Waals surface area contributed by atoms with E-state index in [-0.39, 0.29) is 29.6 Å². The molecular formula is C13H12F2N2O3. The smallest absolute Gasteiger partial charge is 0.360 e. The summed E-state index contributed by atoms with van der Waals surface area (Å²) in [7, 11) is 0. The predicted octanol–water partition coefficient (Wildman–Crippen LogP) is 3.18. The summed E-state index contributed by atoms with van der Waals surface area (Å²) in [5.74, 6) is -2.21. The van der Waals surface area contributed by atoms with Crippen LogP contribution in [0, 0.1) is 18.6 Å². The number of carbonyl (C=O) groups excluding carboxylic acids is 1. The normalized spacial score (nSPS) is 10.4. The number of esters is 1. The van der Waals surface area contributed by atoms with Gasteiger partial charge >= 0.3 is 5.97 Å². The van der Waals surface area contributed by atoms with Crippen LogP contribution in [-0.4, -0.2) is 17.6 Å². The maximum Gasteiger partial charge on any atom is 0.360 e. The minimum absolute atomic E-state index is 0.0807. The number of rotatable bonds is 4. The minimum atomic E-state index is -0.788. The standard InChI is InChI=1S/C13H12F2N2O3/c1-3-19-12(18)9-6-20-13(16-9)17-11-8(14)5-4-7(2)10(11)15/h4-6H,3H2,1-2H3,(H,16,17). The third-order valence-electron chi connectivity index (χ3n) is 2.50. The van der Waals surface area contributed by atoms with Gasteiger partial charge in [-0.15, -0.1) is 0 Å². The number of aryl methyl sites for hydroxylation is 1. The number of hydrogen-bond donors (Lipinski definition) is 1. The van der Waals surface area contributed by atoms with E-state index >= 15 is 0 Å². The molecule has 0 aliphatic carbocycles. The van der Waals surface area contributed by atoms with Gasteiger partial charge in [-0.05, 0) is 25.5 Å². The number of anilines is 2. The maximum atomic E-state index is 13.8. The molecule has 0 spiro atoms. The van der Waals surface area contributed by atoms with Gasteiger partial charge in [0.05, 0.1) is 6.61 Å². The third kappa shape index (κ3) is 2.76. The predicted molar refractivity (Wildman–Crippen MR) is 66.8 cm³/mol. The van der Waals surface area contributed by atoms with Crippen molar-refractivity contribution in [1.29, 1.82) is 0 Å². The number of nitrogens with zero attached hydrogens (tertiary/aromatic N) is 1. The van der Waals surface area contributed by atoms with Crippen LogP contribution in [0.25, 0.3) is 0 Å².